The zero-order valence-corrected chi connectivity index (χ0v) is 36.3. The van der Waals surface area contributed by atoms with Crippen molar-refractivity contribution in [3.05, 3.63) is 102 Å². The van der Waals surface area contributed by atoms with Gasteiger partial charge in [-0.2, -0.15) is 0 Å². The molecule has 2 aliphatic rings. The molecule has 56 heavy (non-hydrogen) atoms. The summed E-state index contributed by atoms with van der Waals surface area (Å²) >= 11 is 28.1. The molecule has 0 unspecified atom stereocenters. The van der Waals surface area contributed by atoms with Crippen LogP contribution in [0.4, 0.5) is 10.3 Å². The van der Waals surface area contributed by atoms with Gasteiger partial charge in [0.05, 0.1) is 9.81 Å². The highest BCUT2D eigenvalue weighted by Crippen LogP contribution is 2.42. The summed E-state index contributed by atoms with van der Waals surface area (Å²) in [6.45, 7) is 0.800. The van der Waals surface area contributed by atoms with E-state index in [1.165, 1.54) is 32.5 Å². The van der Waals surface area contributed by atoms with Gasteiger partial charge in [0.1, 0.15) is 8.64 Å². The zero-order chi connectivity index (χ0) is 39.6. The molecule has 0 saturated carbocycles. The molecule has 292 valence electrons. The van der Waals surface area contributed by atoms with Crippen LogP contribution in [0.15, 0.2) is 70.7 Å². The predicted molar refractivity (Wildman–Crippen MR) is 238 cm³/mol. The Balaban J connectivity index is 0.864. The number of benzene rings is 2. The van der Waals surface area contributed by atoms with E-state index in [0.29, 0.717) is 103 Å². The third-order valence-corrected chi connectivity index (χ3v) is 14.0. The van der Waals surface area contributed by atoms with Crippen LogP contribution in [0.25, 0.3) is 0 Å². The van der Waals surface area contributed by atoms with Crippen LogP contribution in [-0.2, 0) is 32.0 Å². The minimum Gasteiger partial charge on any atom is -0.302 e. The molecule has 2 N–H and O–H groups in total. The number of thioether (sulfide) groups is 2. The number of aromatic nitrogens is 2. The third kappa shape index (κ3) is 11.9. The number of unbranched alkanes of at least 4 members (excludes halogenated alkanes) is 4. The first kappa shape index (κ1) is 42.4. The fraction of sp³-hybridized carbons (Fsp3) is 0.316. The number of rotatable bonds is 18. The highest BCUT2D eigenvalue weighted by atomic mass is 35.5. The Morgan fingerprint density at radius 2 is 1.00 bits per heavy atom. The van der Waals surface area contributed by atoms with Crippen LogP contribution >= 0.6 is 93.8 Å². The smallest absolute Gasteiger partial charge is 0.267 e. The van der Waals surface area contributed by atoms with Crippen molar-refractivity contribution in [1.29, 1.82) is 0 Å². The number of anilines is 2. The van der Waals surface area contributed by atoms with Gasteiger partial charge < -0.3 is 10.6 Å². The van der Waals surface area contributed by atoms with Crippen molar-refractivity contribution < 1.29 is 19.2 Å². The van der Waals surface area contributed by atoms with Crippen molar-refractivity contribution in [2.45, 2.75) is 64.2 Å². The number of nitrogens with one attached hydrogen (secondary N) is 2. The Hall–Kier alpha value is -3.22. The molecule has 2 aromatic heterocycles. The number of nitrogens with zero attached hydrogens (tertiary/aromatic N) is 4. The largest absolute Gasteiger partial charge is 0.302 e. The van der Waals surface area contributed by atoms with Crippen LogP contribution < -0.4 is 10.6 Å². The molecule has 2 aliphatic heterocycles. The summed E-state index contributed by atoms with van der Waals surface area (Å²) < 4.78 is 0.806. The van der Waals surface area contributed by atoms with Crippen LogP contribution in [0.1, 0.15) is 72.2 Å². The molecule has 18 heteroatoms. The van der Waals surface area contributed by atoms with E-state index >= 15 is 0 Å². The van der Waals surface area contributed by atoms with Crippen LogP contribution in [0, 0.1) is 0 Å². The Kier molecular flexibility index (Phi) is 15.5. The summed E-state index contributed by atoms with van der Waals surface area (Å²) in [5, 5.41) is 8.25. The van der Waals surface area contributed by atoms with Crippen LogP contribution in [0.3, 0.4) is 0 Å². The maximum atomic E-state index is 13.4. The van der Waals surface area contributed by atoms with Gasteiger partial charge in [-0.1, -0.05) is 108 Å². The number of thiocarbonyl (C=S) groups is 2. The molecule has 2 fully saturated rings. The fourth-order valence-corrected chi connectivity index (χ4v) is 10.5. The lowest BCUT2D eigenvalue weighted by Crippen LogP contribution is -2.31. The second-order valence-corrected chi connectivity index (χ2v) is 19.3. The number of hydrogen-bond donors (Lipinski definition) is 2. The molecular formula is C38H36Cl2N6O4S6. The molecule has 0 atom stereocenters. The molecule has 6 rings (SSSR count). The van der Waals surface area contributed by atoms with Gasteiger partial charge in [-0.3, -0.25) is 29.0 Å². The van der Waals surface area contributed by atoms with E-state index in [2.05, 4.69) is 20.6 Å². The predicted octanol–water partition coefficient (Wildman–Crippen LogP) is 9.72. The lowest BCUT2D eigenvalue weighted by molar-refractivity contribution is -0.124. The number of carbonyl (C=O) groups excluding carboxylic acids is 4. The summed E-state index contributed by atoms with van der Waals surface area (Å²) in [7, 11) is 0. The minimum absolute atomic E-state index is 0.109. The SMILES string of the molecule is O=C(CCCCCN1C(=O)/C(=C2\SC(=S)N(CCCCCC(=O)Nc3ncc(Cc4ccc(Cl)cc4)s3)C2=O)SC1=S)Nc1ncc(Cc2ccc(Cl)cc2)s1. The normalized spacial score (nSPS) is 15.7. The van der Waals surface area contributed by atoms with Gasteiger partial charge in [0, 0.05) is 71.0 Å². The molecule has 10 nitrogen and oxygen atoms in total. The number of thiazole rings is 2. The van der Waals surface area contributed by atoms with Crippen LogP contribution in [0.5, 0.6) is 0 Å². The van der Waals surface area contributed by atoms with Gasteiger partial charge in [-0.25, -0.2) is 9.97 Å². The van der Waals surface area contributed by atoms with Crippen molar-refractivity contribution in [3.8, 4) is 0 Å². The van der Waals surface area contributed by atoms with E-state index in [-0.39, 0.29) is 23.6 Å². The maximum Gasteiger partial charge on any atom is 0.267 e. The number of amides is 4. The van der Waals surface area contributed by atoms with Crippen molar-refractivity contribution in [3.63, 3.8) is 0 Å². The Bertz CT molecular complexity index is 1990. The first-order chi connectivity index (χ1) is 27.0. The second kappa shape index (κ2) is 20.5. The first-order valence-corrected chi connectivity index (χ1v) is 22.7. The topological polar surface area (TPSA) is 125 Å². The van der Waals surface area contributed by atoms with Gasteiger partial charge in [0.15, 0.2) is 10.3 Å². The second-order valence-electron chi connectivity index (χ2n) is 12.9. The molecule has 4 heterocycles. The lowest BCUT2D eigenvalue weighted by atomic mass is 10.1. The first-order valence-electron chi connectivity index (χ1n) is 17.8. The van der Waals surface area contributed by atoms with Gasteiger partial charge >= 0.3 is 0 Å². The molecular weight excluding hydrogens is 868 g/mol. The standard InChI is InChI=1S/C38H36Cl2N6O4S6/c39-25-13-9-23(10-14-25)19-27-21-41-35(53-27)43-29(47)7-3-1-5-17-45-33(49)31(55-37(45)51)32-34(50)46(38(52)56-32)18-6-2-4-8-30(48)44-36-42-22-28(54-36)20-24-11-15-26(40)16-12-24/h9-16,21-22H,1-8,17-20H2,(H,41,43,47)(H,42,44,48)/b32-31+. The molecule has 4 amide bonds. The van der Waals surface area contributed by atoms with E-state index in [4.69, 9.17) is 47.6 Å². The van der Waals surface area contributed by atoms with Gasteiger partial charge in [0.2, 0.25) is 11.8 Å². The molecule has 2 saturated heterocycles. The Morgan fingerprint density at radius 3 is 1.39 bits per heavy atom. The Labute approximate surface area is 362 Å². The van der Waals surface area contributed by atoms with Crippen molar-refractivity contribution in [2.24, 2.45) is 0 Å². The van der Waals surface area contributed by atoms with E-state index in [1.54, 1.807) is 12.4 Å². The van der Waals surface area contributed by atoms with Crippen molar-refractivity contribution in [2.75, 3.05) is 23.7 Å². The van der Waals surface area contributed by atoms with E-state index in [0.717, 1.165) is 57.2 Å². The molecule has 0 bridgehead atoms. The average molecular weight is 904 g/mol. The third-order valence-electron chi connectivity index (χ3n) is 8.66. The molecule has 0 radical (unpaired) electrons. The zero-order valence-electron chi connectivity index (χ0n) is 29.9. The van der Waals surface area contributed by atoms with E-state index in [9.17, 15) is 19.2 Å². The number of halogens is 2. The lowest BCUT2D eigenvalue weighted by Gasteiger charge is -2.14. The van der Waals surface area contributed by atoms with Crippen LogP contribution in [-0.4, -0.2) is 65.1 Å². The quantitative estimate of drug-likeness (QED) is 0.0567. The molecule has 0 spiro atoms. The van der Waals surface area contributed by atoms with Gasteiger partial charge in [-0.15, -0.1) is 22.7 Å². The molecule has 4 aromatic rings. The molecule has 2 aromatic carbocycles. The monoisotopic (exact) mass is 902 g/mol. The van der Waals surface area contributed by atoms with Gasteiger partial charge in [0.25, 0.3) is 11.8 Å². The number of carbonyl (C=O) groups is 4. The summed E-state index contributed by atoms with van der Waals surface area (Å²) in [5.74, 6) is -0.801. The minimum atomic E-state index is -0.292. The van der Waals surface area contributed by atoms with Crippen LogP contribution in [0.2, 0.25) is 10.0 Å². The highest BCUT2D eigenvalue weighted by molar-refractivity contribution is 8.29. The Morgan fingerprint density at radius 1 is 0.607 bits per heavy atom. The van der Waals surface area contributed by atoms with E-state index in [1.807, 2.05) is 48.5 Å². The fourth-order valence-electron chi connectivity index (χ4n) is 5.78. The van der Waals surface area contributed by atoms with Crippen molar-refractivity contribution >= 4 is 136 Å². The van der Waals surface area contributed by atoms with E-state index < -0.39 is 0 Å². The highest BCUT2D eigenvalue weighted by Gasteiger charge is 2.41. The van der Waals surface area contributed by atoms with Gasteiger partial charge in [-0.05, 0) is 61.1 Å². The number of hydrogen-bond acceptors (Lipinski definition) is 12. The van der Waals surface area contributed by atoms with Crippen molar-refractivity contribution in [1.82, 2.24) is 19.8 Å². The summed E-state index contributed by atoms with van der Waals surface area (Å²) in [4.78, 5) is 66.2. The average Bonchev–Trinajstić information content (AvgIpc) is 3.94. The summed E-state index contributed by atoms with van der Waals surface area (Å²) in [6, 6.07) is 15.3. The maximum absolute atomic E-state index is 13.4. The molecule has 0 aliphatic carbocycles. The summed E-state index contributed by atoms with van der Waals surface area (Å²) in [6.07, 6.45) is 9.68. The summed E-state index contributed by atoms with van der Waals surface area (Å²) in [5.41, 5.74) is 2.23.